The number of nitrogen functional groups attached to an aromatic ring is 1. The van der Waals surface area contributed by atoms with Gasteiger partial charge in [0.2, 0.25) is 0 Å². The summed E-state index contributed by atoms with van der Waals surface area (Å²) in [4.78, 5) is 26.1. The van der Waals surface area contributed by atoms with E-state index >= 15 is 0 Å². The van der Waals surface area contributed by atoms with E-state index in [1.807, 2.05) is 0 Å². The zero-order valence-electron chi connectivity index (χ0n) is 13.4. The molecule has 3 amide bonds. The zero-order chi connectivity index (χ0) is 16.4. The minimum atomic E-state index is -0.680. The van der Waals surface area contributed by atoms with Gasteiger partial charge in [0.05, 0.1) is 6.54 Å². The van der Waals surface area contributed by atoms with Gasteiger partial charge in [-0.3, -0.25) is 9.69 Å². The van der Waals surface area contributed by atoms with Crippen molar-refractivity contribution in [3.05, 3.63) is 24.3 Å². The number of nitrogens with one attached hydrogen (secondary N) is 1. The van der Waals surface area contributed by atoms with Crippen molar-refractivity contribution in [1.82, 2.24) is 10.2 Å². The Morgan fingerprint density at radius 1 is 1.35 bits per heavy atom. The Hall–Kier alpha value is -2.24. The van der Waals surface area contributed by atoms with Crippen molar-refractivity contribution in [3.8, 4) is 5.75 Å². The standard InChI is InChI=1S/C17H23N3O3/c1-12-5-7-17(8-6-12)15(21)20(16(22)19-17)9-10-23-14-4-2-3-13(18)11-14/h2-4,11-12H,5-10,18H2,1H3,(H,19,22). The number of ether oxygens (including phenoxy) is 1. The number of hydrogen-bond acceptors (Lipinski definition) is 4. The van der Waals surface area contributed by atoms with Crippen LogP contribution in [-0.2, 0) is 4.79 Å². The number of nitrogens with zero attached hydrogens (tertiary/aromatic N) is 1. The van der Waals surface area contributed by atoms with E-state index in [2.05, 4.69) is 12.2 Å². The molecule has 23 heavy (non-hydrogen) atoms. The molecule has 6 nitrogen and oxygen atoms in total. The van der Waals surface area contributed by atoms with Gasteiger partial charge in [-0.2, -0.15) is 0 Å². The second-order valence-corrected chi connectivity index (χ2v) is 6.57. The lowest BCUT2D eigenvalue weighted by molar-refractivity contribution is -0.132. The summed E-state index contributed by atoms with van der Waals surface area (Å²) >= 11 is 0. The van der Waals surface area contributed by atoms with Crippen LogP contribution in [0, 0.1) is 5.92 Å². The van der Waals surface area contributed by atoms with Crippen LogP contribution in [0.4, 0.5) is 10.5 Å². The molecule has 1 heterocycles. The monoisotopic (exact) mass is 317 g/mol. The first kappa shape index (κ1) is 15.6. The van der Waals surface area contributed by atoms with Crippen molar-refractivity contribution in [2.24, 2.45) is 5.92 Å². The highest BCUT2D eigenvalue weighted by atomic mass is 16.5. The maximum atomic E-state index is 12.7. The van der Waals surface area contributed by atoms with E-state index in [1.165, 1.54) is 4.90 Å². The average molecular weight is 317 g/mol. The third-order valence-electron chi connectivity index (χ3n) is 4.82. The lowest BCUT2D eigenvalue weighted by Gasteiger charge is -2.33. The van der Waals surface area contributed by atoms with Crippen molar-refractivity contribution < 1.29 is 14.3 Å². The lowest BCUT2D eigenvalue weighted by atomic mass is 9.77. The van der Waals surface area contributed by atoms with Crippen molar-refractivity contribution >= 4 is 17.6 Å². The highest BCUT2D eigenvalue weighted by Crippen LogP contribution is 2.36. The molecule has 1 saturated carbocycles. The van der Waals surface area contributed by atoms with Crippen LogP contribution in [0.3, 0.4) is 0 Å². The van der Waals surface area contributed by atoms with E-state index in [-0.39, 0.29) is 25.1 Å². The molecule has 0 unspecified atom stereocenters. The van der Waals surface area contributed by atoms with Crippen LogP contribution in [-0.4, -0.2) is 35.5 Å². The van der Waals surface area contributed by atoms with Crippen molar-refractivity contribution in [3.63, 3.8) is 0 Å². The van der Waals surface area contributed by atoms with Crippen LogP contribution < -0.4 is 15.8 Å². The smallest absolute Gasteiger partial charge is 0.325 e. The van der Waals surface area contributed by atoms with Crippen LogP contribution in [0.5, 0.6) is 5.75 Å². The van der Waals surface area contributed by atoms with E-state index in [9.17, 15) is 9.59 Å². The third-order valence-corrected chi connectivity index (χ3v) is 4.82. The second-order valence-electron chi connectivity index (χ2n) is 6.57. The van der Waals surface area contributed by atoms with E-state index < -0.39 is 5.54 Å². The molecule has 1 aromatic rings. The number of hydrogen-bond donors (Lipinski definition) is 2. The number of nitrogens with two attached hydrogens (primary N) is 1. The summed E-state index contributed by atoms with van der Waals surface area (Å²) in [5.41, 5.74) is 5.63. The molecule has 1 saturated heterocycles. The summed E-state index contributed by atoms with van der Waals surface area (Å²) in [6.07, 6.45) is 3.40. The summed E-state index contributed by atoms with van der Waals surface area (Å²) in [7, 11) is 0. The summed E-state index contributed by atoms with van der Waals surface area (Å²) in [6, 6.07) is 6.79. The molecule has 3 rings (SSSR count). The third kappa shape index (κ3) is 3.11. The molecule has 1 aliphatic carbocycles. The maximum Gasteiger partial charge on any atom is 0.325 e. The van der Waals surface area contributed by atoms with Gasteiger partial charge >= 0.3 is 6.03 Å². The molecular weight excluding hydrogens is 294 g/mol. The van der Waals surface area contributed by atoms with Crippen LogP contribution in [0.15, 0.2) is 24.3 Å². The van der Waals surface area contributed by atoms with E-state index in [0.29, 0.717) is 17.4 Å². The maximum absolute atomic E-state index is 12.7. The molecule has 0 atom stereocenters. The Morgan fingerprint density at radius 3 is 2.78 bits per heavy atom. The van der Waals surface area contributed by atoms with Gasteiger partial charge in [0.25, 0.3) is 5.91 Å². The summed E-state index contributed by atoms with van der Waals surface area (Å²) in [6.45, 7) is 2.69. The normalized spacial score (nSPS) is 27.3. The number of urea groups is 1. The fraction of sp³-hybridized carbons (Fsp3) is 0.529. The Labute approximate surface area is 136 Å². The molecule has 2 fully saturated rings. The highest BCUT2D eigenvalue weighted by Gasteiger charge is 2.51. The molecule has 1 aliphatic heterocycles. The van der Waals surface area contributed by atoms with Crippen LogP contribution in [0.25, 0.3) is 0 Å². The Kier molecular flexibility index (Phi) is 4.15. The van der Waals surface area contributed by atoms with Gasteiger partial charge in [0, 0.05) is 11.8 Å². The van der Waals surface area contributed by atoms with Crippen LogP contribution in [0.2, 0.25) is 0 Å². The van der Waals surface area contributed by atoms with Crippen LogP contribution in [0.1, 0.15) is 32.6 Å². The molecule has 1 aromatic carbocycles. The minimum Gasteiger partial charge on any atom is -0.492 e. The molecule has 6 heteroatoms. The fourth-order valence-electron chi connectivity index (χ4n) is 3.33. The topological polar surface area (TPSA) is 84.7 Å². The molecule has 0 aromatic heterocycles. The van der Waals surface area contributed by atoms with Gasteiger partial charge in [-0.05, 0) is 43.7 Å². The quantitative estimate of drug-likeness (QED) is 0.658. The van der Waals surface area contributed by atoms with Gasteiger partial charge in [0.15, 0.2) is 0 Å². The first-order chi connectivity index (χ1) is 11.0. The fourth-order valence-corrected chi connectivity index (χ4v) is 3.33. The summed E-state index contributed by atoms with van der Waals surface area (Å²) in [5, 5.41) is 2.91. The molecule has 3 N–H and O–H groups in total. The van der Waals surface area contributed by atoms with E-state index in [4.69, 9.17) is 10.5 Å². The number of imide groups is 1. The summed E-state index contributed by atoms with van der Waals surface area (Å²) < 4.78 is 5.58. The Balaban J connectivity index is 1.58. The van der Waals surface area contributed by atoms with Crippen molar-refractivity contribution in [2.75, 3.05) is 18.9 Å². The van der Waals surface area contributed by atoms with E-state index in [0.717, 1.165) is 25.7 Å². The number of anilines is 1. The molecule has 124 valence electrons. The van der Waals surface area contributed by atoms with Gasteiger partial charge < -0.3 is 15.8 Å². The van der Waals surface area contributed by atoms with Crippen molar-refractivity contribution in [1.29, 1.82) is 0 Å². The highest BCUT2D eigenvalue weighted by molar-refractivity contribution is 6.07. The lowest BCUT2D eigenvalue weighted by Crippen LogP contribution is -2.49. The second kappa shape index (κ2) is 6.10. The molecule has 1 spiro atoms. The van der Waals surface area contributed by atoms with Gasteiger partial charge in [0.1, 0.15) is 17.9 Å². The number of carbonyl (C=O) groups excluding carboxylic acids is 2. The van der Waals surface area contributed by atoms with Crippen LogP contribution >= 0.6 is 0 Å². The molecule has 2 aliphatic rings. The zero-order valence-corrected chi connectivity index (χ0v) is 13.4. The number of amides is 3. The number of benzene rings is 1. The van der Waals surface area contributed by atoms with Gasteiger partial charge in [-0.15, -0.1) is 0 Å². The molecule has 0 radical (unpaired) electrons. The average Bonchev–Trinajstić information content (AvgIpc) is 2.75. The first-order valence-corrected chi connectivity index (χ1v) is 8.13. The number of carbonyl (C=O) groups is 2. The SMILES string of the molecule is CC1CCC2(CC1)NC(=O)N(CCOc1cccc(N)c1)C2=O. The molecular formula is C17H23N3O3. The Bertz CT molecular complexity index is 609. The number of rotatable bonds is 4. The predicted molar refractivity (Wildman–Crippen MR) is 87.0 cm³/mol. The van der Waals surface area contributed by atoms with E-state index in [1.54, 1.807) is 24.3 Å². The summed E-state index contributed by atoms with van der Waals surface area (Å²) in [5.74, 6) is 1.15. The first-order valence-electron chi connectivity index (χ1n) is 8.13. The van der Waals surface area contributed by atoms with Crippen molar-refractivity contribution in [2.45, 2.75) is 38.1 Å². The minimum absolute atomic E-state index is 0.106. The molecule has 0 bridgehead atoms. The predicted octanol–water partition coefficient (Wildman–Crippen LogP) is 2.15. The van der Waals surface area contributed by atoms with Gasteiger partial charge in [-0.25, -0.2) is 4.79 Å². The largest absolute Gasteiger partial charge is 0.492 e. The Morgan fingerprint density at radius 2 is 2.09 bits per heavy atom. The van der Waals surface area contributed by atoms with Gasteiger partial charge in [-0.1, -0.05) is 13.0 Å².